The van der Waals surface area contributed by atoms with Gasteiger partial charge in [-0.05, 0) is 18.7 Å². The third kappa shape index (κ3) is 5.44. The van der Waals surface area contributed by atoms with Gasteiger partial charge in [0.2, 0.25) is 21.8 Å². The van der Waals surface area contributed by atoms with E-state index in [-0.39, 0.29) is 30.1 Å². The number of hydrogen-bond donors (Lipinski definition) is 2. The number of anilines is 1. The molecule has 0 spiro atoms. The molecule has 12 heteroatoms. The number of carbonyl (C=O) groups is 1. The lowest BCUT2D eigenvalue weighted by Gasteiger charge is -2.14. The summed E-state index contributed by atoms with van der Waals surface area (Å²) < 4.78 is 25.6. The topological polar surface area (TPSA) is 151 Å². The highest BCUT2D eigenvalue weighted by molar-refractivity contribution is 7.89. The lowest BCUT2D eigenvalue weighted by molar-refractivity contribution is -0.114. The highest BCUT2D eigenvalue weighted by Gasteiger charge is 2.22. The minimum atomic E-state index is -3.55. The van der Waals surface area contributed by atoms with Gasteiger partial charge in [-0.15, -0.1) is 0 Å². The van der Waals surface area contributed by atoms with Gasteiger partial charge in [-0.2, -0.15) is 5.26 Å². The van der Waals surface area contributed by atoms with Gasteiger partial charge in [0, 0.05) is 12.0 Å². The van der Waals surface area contributed by atoms with E-state index >= 15 is 0 Å². The Hall–Kier alpha value is -3.20. The first-order chi connectivity index (χ1) is 14.3. The molecule has 10 nitrogen and oxygen atoms in total. The molecule has 30 heavy (non-hydrogen) atoms. The third-order valence-electron chi connectivity index (χ3n) is 4.11. The average molecular weight is 446 g/mol. The Balaban J connectivity index is 1.83. The van der Waals surface area contributed by atoms with Gasteiger partial charge in [0.1, 0.15) is 6.07 Å². The van der Waals surface area contributed by atoms with Crippen molar-refractivity contribution in [3.63, 3.8) is 0 Å². The lowest BCUT2D eigenvalue weighted by atomic mass is 9.95. The van der Waals surface area contributed by atoms with Crippen LogP contribution in [-0.2, 0) is 21.4 Å². The molecule has 0 unspecified atom stereocenters. The molecule has 0 saturated heterocycles. The van der Waals surface area contributed by atoms with Gasteiger partial charge in [0.05, 0.1) is 41.1 Å². The maximum absolute atomic E-state index is 12.4. The number of sulfonamides is 1. The summed E-state index contributed by atoms with van der Waals surface area (Å²) in [5.41, 5.74) is 1.66. The Labute approximate surface area is 177 Å². The van der Waals surface area contributed by atoms with Crippen molar-refractivity contribution in [3.8, 4) is 6.07 Å². The van der Waals surface area contributed by atoms with Gasteiger partial charge in [0.15, 0.2) is 5.78 Å². The van der Waals surface area contributed by atoms with E-state index in [1.54, 1.807) is 12.1 Å². The van der Waals surface area contributed by atoms with Crippen LogP contribution in [0.15, 0.2) is 36.2 Å². The number of nitrogens with one attached hydrogen (secondary N) is 2. The molecule has 154 valence electrons. The first kappa shape index (κ1) is 21.5. The minimum absolute atomic E-state index is 0.0277. The molecule has 2 aromatic rings. The predicted molar refractivity (Wildman–Crippen MR) is 110 cm³/mol. The number of ketones is 1. The molecule has 2 heterocycles. The summed E-state index contributed by atoms with van der Waals surface area (Å²) in [4.78, 5) is 28.7. The van der Waals surface area contributed by atoms with Crippen molar-refractivity contribution in [1.82, 2.24) is 24.7 Å². The number of rotatable bonds is 7. The second-order valence-electron chi connectivity index (χ2n) is 6.21. The van der Waals surface area contributed by atoms with Gasteiger partial charge in [-0.1, -0.05) is 23.8 Å². The van der Waals surface area contributed by atoms with E-state index in [2.05, 4.69) is 30.0 Å². The fourth-order valence-corrected chi connectivity index (χ4v) is 3.51. The van der Waals surface area contributed by atoms with Crippen LogP contribution in [-0.4, -0.2) is 46.9 Å². The average Bonchev–Trinajstić information content (AvgIpc) is 2.74. The summed E-state index contributed by atoms with van der Waals surface area (Å²) in [6.07, 6.45) is 5.95. The van der Waals surface area contributed by atoms with E-state index in [1.165, 1.54) is 25.5 Å². The quantitative estimate of drug-likeness (QED) is 0.641. The van der Waals surface area contributed by atoms with E-state index in [1.807, 2.05) is 6.07 Å². The number of nitriles is 1. The Morgan fingerprint density at radius 3 is 2.60 bits per heavy atom. The molecule has 1 aliphatic rings. The van der Waals surface area contributed by atoms with Crippen LogP contribution in [0.4, 0.5) is 5.95 Å². The van der Waals surface area contributed by atoms with Crippen LogP contribution in [0, 0.1) is 11.3 Å². The predicted octanol–water partition coefficient (Wildman–Crippen LogP) is 1.24. The zero-order valence-electron chi connectivity index (χ0n) is 15.8. The first-order valence-electron chi connectivity index (χ1n) is 8.63. The van der Waals surface area contributed by atoms with Gasteiger partial charge in [-0.3, -0.25) is 4.79 Å². The molecule has 0 fully saturated rings. The van der Waals surface area contributed by atoms with Crippen LogP contribution in [0.25, 0.3) is 5.57 Å². The molecule has 0 bridgehead atoms. The summed E-state index contributed by atoms with van der Waals surface area (Å²) >= 11 is 5.76. The minimum Gasteiger partial charge on any atom is -0.349 e. The molecule has 0 saturated carbocycles. The monoisotopic (exact) mass is 445 g/mol. The van der Waals surface area contributed by atoms with Gasteiger partial charge in [-0.25, -0.2) is 33.1 Å². The SMILES string of the molecule is CNS(=O)(=O)CC1=CC=C(c2cc(CNc3ncc(Cl)cn3)nc(C#N)n2)CC1=O. The zero-order chi connectivity index (χ0) is 21.7. The number of halogens is 1. The van der Waals surface area contributed by atoms with Crippen molar-refractivity contribution >= 4 is 38.9 Å². The fourth-order valence-electron chi connectivity index (χ4n) is 2.60. The largest absolute Gasteiger partial charge is 0.349 e. The summed E-state index contributed by atoms with van der Waals surface area (Å²) in [5.74, 6) is -0.432. The third-order valence-corrected chi connectivity index (χ3v) is 5.62. The number of allylic oxidation sites excluding steroid dienone is 3. The molecular formula is C18H16ClN7O3S. The molecular weight excluding hydrogens is 430 g/mol. The van der Waals surface area contributed by atoms with Crippen molar-refractivity contribution in [3.05, 3.63) is 58.4 Å². The van der Waals surface area contributed by atoms with E-state index in [0.29, 0.717) is 27.9 Å². The normalized spacial score (nSPS) is 14.0. The molecule has 2 aromatic heterocycles. The highest BCUT2D eigenvalue weighted by atomic mass is 35.5. The number of Topliss-reactive ketones (excluding diaryl/α,β-unsaturated/α-hetero) is 1. The lowest BCUT2D eigenvalue weighted by Crippen LogP contribution is -2.26. The second-order valence-corrected chi connectivity index (χ2v) is 8.57. The van der Waals surface area contributed by atoms with Crippen molar-refractivity contribution in [1.29, 1.82) is 5.26 Å². The molecule has 0 amide bonds. The molecule has 3 rings (SSSR count). The fraction of sp³-hybridized carbons (Fsp3) is 0.222. The Bertz CT molecular complexity index is 1190. The molecule has 1 aliphatic carbocycles. The van der Waals surface area contributed by atoms with Gasteiger partial charge >= 0.3 is 0 Å². The van der Waals surface area contributed by atoms with Crippen LogP contribution in [0.5, 0.6) is 0 Å². The van der Waals surface area contributed by atoms with Crippen LogP contribution in [0.2, 0.25) is 5.02 Å². The summed E-state index contributed by atoms with van der Waals surface area (Å²) in [6.45, 7) is 0.217. The summed E-state index contributed by atoms with van der Waals surface area (Å²) in [6, 6.07) is 3.54. The van der Waals surface area contributed by atoms with Gasteiger partial charge < -0.3 is 5.32 Å². The second kappa shape index (κ2) is 9.08. The summed E-state index contributed by atoms with van der Waals surface area (Å²) in [5, 5.41) is 12.6. The Morgan fingerprint density at radius 2 is 1.97 bits per heavy atom. The number of hydrogen-bond acceptors (Lipinski definition) is 9. The van der Waals surface area contributed by atoms with Gasteiger partial charge in [0.25, 0.3) is 0 Å². The van der Waals surface area contributed by atoms with Crippen LogP contribution >= 0.6 is 11.6 Å². The maximum atomic E-state index is 12.4. The Morgan fingerprint density at radius 1 is 1.23 bits per heavy atom. The van der Waals surface area contributed by atoms with Crippen molar-refractivity contribution < 1.29 is 13.2 Å². The molecule has 0 aromatic carbocycles. The van der Waals surface area contributed by atoms with Crippen LogP contribution < -0.4 is 10.0 Å². The van der Waals surface area contributed by atoms with Crippen molar-refractivity contribution in [2.24, 2.45) is 0 Å². The number of nitrogens with zero attached hydrogens (tertiary/aromatic N) is 5. The van der Waals surface area contributed by atoms with E-state index in [0.717, 1.165) is 0 Å². The van der Waals surface area contributed by atoms with Crippen LogP contribution in [0.3, 0.4) is 0 Å². The molecule has 0 aliphatic heterocycles. The van der Waals surface area contributed by atoms with E-state index in [4.69, 9.17) is 11.6 Å². The summed E-state index contributed by atoms with van der Waals surface area (Å²) in [7, 11) is -2.26. The zero-order valence-corrected chi connectivity index (χ0v) is 17.3. The van der Waals surface area contributed by atoms with E-state index < -0.39 is 15.8 Å². The molecule has 0 radical (unpaired) electrons. The van der Waals surface area contributed by atoms with Crippen molar-refractivity contribution in [2.45, 2.75) is 13.0 Å². The first-order valence-corrected chi connectivity index (χ1v) is 10.7. The van der Waals surface area contributed by atoms with Crippen LogP contribution in [0.1, 0.15) is 23.6 Å². The van der Waals surface area contributed by atoms with Crippen molar-refractivity contribution in [2.75, 3.05) is 18.1 Å². The smallest absolute Gasteiger partial charge is 0.233 e. The standard InChI is InChI=1S/C18H16ClN7O3S/c1-21-30(28,29)10-12-3-2-11(4-16(12)27)15-5-14(25-17(6-20)26-15)9-24-18-22-7-13(19)8-23-18/h2-3,5,7-8,21H,4,9-10H2,1H3,(H,22,23,24). The Kier molecular flexibility index (Phi) is 6.51. The molecule has 0 atom stereocenters. The molecule has 2 N–H and O–H groups in total. The number of aromatic nitrogens is 4. The van der Waals surface area contributed by atoms with E-state index in [9.17, 15) is 18.5 Å². The number of carbonyl (C=O) groups excluding carboxylic acids is 1. The maximum Gasteiger partial charge on any atom is 0.233 e. The highest BCUT2D eigenvalue weighted by Crippen LogP contribution is 2.24.